The lowest BCUT2D eigenvalue weighted by Gasteiger charge is -2.37. The van der Waals surface area contributed by atoms with Crippen LogP contribution in [0.1, 0.15) is 75.2 Å². The van der Waals surface area contributed by atoms with Gasteiger partial charge in [-0.3, -0.25) is 9.59 Å². The van der Waals surface area contributed by atoms with Crippen LogP contribution in [0.15, 0.2) is 4.79 Å². The molecule has 0 saturated carbocycles. The summed E-state index contributed by atoms with van der Waals surface area (Å²) in [5.74, 6) is -0.189. The van der Waals surface area contributed by atoms with E-state index in [-0.39, 0.29) is 34.7 Å². The number of carbonyl (C=O) groups is 1. The van der Waals surface area contributed by atoms with Gasteiger partial charge >= 0.3 is 0 Å². The lowest BCUT2D eigenvalue weighted by Crippen LogP contribution is -2.42. The first kappa shape index (κ1) is 27.5. The third kappa shape index (κ3) is 5.65. The number of carbonyl (C=O) groups excluding carboxylic acids is 1. The molecule has 1 unspecified atom stereocenters. The third-order valence-electron chi connectivity index (χ3n) is 6.29. The zero-order valence-corrected chi connectivity index (χ0v) is 24.1. The maximum Gasteiger partial charge on any atom is 0.237 e. The number of nitrogens with one attached hydrogen (secondary N) is 1. The Morgan fingerprint density at radius 3 is 2.38 bits per heavy atom. The predicted molar refractivity (Wildman–Crippen MR) is 137 cm³/mol. The molecule has 0 fully saturated rings. The Labute approximate surface area is 205 Å². The van der Waals surface area contributed by atoms with E-state index in [1.807, 2.05) is 29.5 Å². The topological polar surface area (TPSA) is 104 Å². The molecule has 0 bridgehead atoms. The SMILES string of the molecule is CCCC(=O)c1c(OC)c(=O)c(I)c2n1[C@H](CO[Si](C)(C)C(C)(C)C)CC2NS(C)(=O)=O. The lowest BCUT2D eigenvalue weighted by molar-refractivity contribution is 0.0963. The summed E-state index contributed by atoms with van der Waals surface area (Å²) in [4.78, 5) is 26.2. The van der Waals surface area contributed by atoms with Crippen molar-refractivity contribution < 1.29 is 22.4 Å². The van der Waals surface area contributed by atoms with E-state index < -0.39 is 29.8 Å². The molecule has 1 N–H and O–H groups in total. The molecule has 182 valence electrons. The van der Waals surface area contributed by atoms with Crippen molar-refractivity contribution in [2.45, 2.75) is 77.2 Å². The van der Waals surface area contributed by atoms with E-state index in [1.165, 1.54) is 7.11 Å². The first-order valence-corrected chi connectivity index (χ1v) is 16.6. The molecule has 0 aliphatic carbocycles. The van der Waals surface area contributed by atoms with Crippen LogP contribution in [-0.2, 0) is 14.4 Å². The Hall–Kier alpha value is -0.763. The highest BCUT2D eigenvalue weighted by Gasteiger charge is 2.42. The van der Waals surface area contributed by atoms with Gasteiger partial charge in [0.1, 0.15) is 5.69 Å². The summed E-state index contributed by atoms with van der Waals surface area (Å²) in [5.41, 5.74) is 0.312. The van der Waals surface area contributed by atoms with Gasteiger partial charge in [0.05, 0.1) is 41.3 Å². The summed E-state index contributed by atoms with van der Waals surface area (Å²) >= 11 is 1.92. The van der Waals surface area contributed by atoms with E-state index in [2.05, 4.69) is 38.6 Å². The van der Waals surface area contributed by atoms with Crippen molar-refractivity contribution in [1.29, 1.82) is 0 Å². The van der Waals surface area contributed by atoms with E-state index in [0.29, 0.717) is 28.7 Å². The van der Waals surface area contributed by atoms with E-state index in [1.54, 1.807) is 4.57 Å². The largest absolute Gasteiger partial charge is 0.491 e. The summed E-state index contributed by atoms with van der Waals surface area (Å²) < 4.78 is 40.8. The molecule has 32 heavy (non-hydrogen) atoms. The van der Waals surface area contributed by atoms with Crippen LogP contribution < -0.4 is 14.9 Å². The second-order valence-corrected chi connectivity index (χ2v) is 17.5. The number of Topliss-reactive ketones (excluding diaryl/α,β-unsaturated/α-hetero) is 1. The molecule has 2 atom stereocenters. The number of nitrogens with zero attached hydrogens (tertiary/aromatic N) is 1. The summed E-state index contributed by atoms with van der Waals surface area (Å²) in [6, 6.07) is -0.936. The van der Waals surface area contributed by atoms with Crippen molar-refractivity contribution in [1.82, 2.24) is 9.29 Å². The van der Waals surface area contributed by atoms with Crippen LogP contribution in [0.5, 0.6) is 5.75 Å². The molecule has 0 radical (unpaired) electrons. The molecule has 1 aromatic rings. The molecule has 0 saturated heterocycles. The summed E-state index contributed by atoms with van der Waals surface area (Å²) in [5, 5.41) is -0.00460. The minimum absolute atomic E-state index is 0.00460. The molecule has 2 heterocycles. The van der Waals surface area contributed by atoms with Gasteiger partial charge in [0.2, 0.25) is 15.5 Å². The highest BCUT2D eigenvalue weighted by atomic mass is 127. The Morgan fingerprint density at radius 2 is 1.91 bits per heavy atom. The number of aromatic nitrogens is 1. The standard InChI is InChI=1S/C21H35IN2O6SSi/c1-9-10-15(25)18-20(29-5)19(26)16(22)17-14(23-31(6,27)28)11-13(24(17)18)12-30-32(7,8)21(2,3)4/h13-14,23H,9-12H2,1-8H3/t13-,14?/m0/s1. The van der Waals surface area contributed by atoms with Crippen LogP contribution in [0.3, 0.4) is 0 Å². The van der Waals surface area contributed by atoms with Crippen LogP contribution in [0.2, 0.25) is 18.1 Å². The Morgan fingerprint density at radius 1 is 1.31 bits per heavy atom. The number of rotatable bonds is 9. The molecule has 2 rings (SSSR count). The molecule has 0 spiro atoms. The molecule has 1 aromatic heterocycles. The molecule has 11 heteroatoms. The highest BCUT2D eigenvalue weighted by molar-refractivity contribution is 14.1. The monoisotopic (exact) mass is 598 g/mol. The number of fused-ring (bicyclic) bond motifs is 1. The van der Waals surface area contributed by atoms with Gasteiger partial charge in [-0.25, -0.2) is 13.1 Å². The van der Waals surface area contributed by atoms with Gasteiger partial charge in [-0.2, -0.15) is 0 Å². The first-order valence-electron chi connectivity index (χ1n) is 10.7. The van der Waals surface area contributed by atoms with Crippen molar-refractivity contribution in [3.63, 3.8) is 0 Å². The second-order valence-electron chi connectivity index (χ2n) is 9.86. The summed E-state index contributed by atoms with van der Waals surface area (Å²) in [6.07, 6.45) is 2.36. The minimum atomic E-state index is -3.55. The number of sulfonamides is 1. The quantitative estimate of drug-likeness (QED) is 0.262. The van der Waals surface area contributed by atoms with Gasteiger partial charge in [-0.15, -0.1) is 0 Å². The Bertz CT molecular complexity index is 1050. The zero-order chi connectivity index (χ0) is 24.6. The van der Waals surface area contributed by atoms with Gasteiger partial charge in [0, 0.05) is 6.42 Å². The van der Waals surface area contributed by atoms with Crippen molar-refractivity contribution in [3.05, 3.63) is 25.2 Å². The van der Waals surface area contributed by atoms with Crippen LogP contribution in [-0.4, -0.2) is 47.1 Å². The average molecular weight is 599 g/mol. The second kappa shape index (κ2) is 9.85. The lowest BCUT2D eigenvalue weighted by atomic mass is 10.1. The van der Waals surface area contributed by atoms with Crippen LogP contribution in [0.4, 0.5) is 0 Å². The Balaban J connectivity index is 2.71. The van der Waals surface area contributed by atoms with Crippen LogP contribution >= 0.6 is 22.6 Å². The highest BCUT2D eigenvalue weighted by Crippen LogP contribution is 2.42. The number of pyridine rings is 1. The number of ketones is 1. The van der Waals surface area contributed by atoms with Crippen molar-refractivity contribution in [2.75, 3.05) is 20.0 Å². The van der Waals surface area contributed by atoms with E-state index in [0.717, 1.165) is 6.26 Å². The van der Waals surface area contributed by atoms with Gasteiger partial charge in [0.25, 0.3) is 0 Å². The van der Waals surface area contributed by atoms with Crippen LogP contribution in [0.25, 0.3) is 0 Å². The van der Waals surface area contributed by atoms with Crippen molar-refractivity contribution >= 4 is 46.7 Å². The van der Waals surface area contributed by atoms with Gasteiger partial charge in [-0.1, -0.05) is 27.7 Å². The maximum absolute atomic E-state index is 13.1. The number of hydrogen-bond acceptors (Lipinski definition) is 6. The van der Waals surface area contributed by atoms with Gasteiger partial charge < -0.3 is 13.7 Å². The van der Waals surface area contributed by atoms with Gasteiger partial charge in [0.15, 0.2) is 19.9 Å². The summed E-state index contributed by atoms with van der Waals surface area (Å²) in [6.45, 7) is 13.0. The normalized spacial score (nSPS) is 19.2. The number of ether oxygens (including phenoxy) is 1. The fourth-order valence-electron chi connectivity index (χ4n) is 3.67. The molecule has 1 aliphatic rings. The van der Waals surface area contributed by atoms with E-state index >= 15 is 0 Å². The van der Waals surface area contributed by atoms with Crippen molar-refractivity contribution in [2.24, 2.45) is 0 Å². The van der Waals surface area contributed by atoms with E-state index in [9.17, 15) is 18.0 Å². The van der Waals surface area contributed by atoms with Gasteiger partial charge in [-0.05, 0) is 53.6 Å². The number of methoxy groups -OCH3 is 1. The molecule has 0 aromatic carbocycles. The summed E-state index contributed by atoms with van der Waals surface area (Å²) in [7, 11) is -4.27. The molecular formula is C21H35IN2O6SSi. The Kier molecular flexibility index (Phi) is 8.46. The fraction of sp³-hybridized carbons (Fsp3) is 0.714. The number of hydrogen-bond donors (Lipinski definition) is 1. The van der Waals surface area contributed by atoms with E-state index in [4.69, 9.17) is 9.16 Å². The predicted octanol–water partition coefficient (Wildman–Crippen LogP) is 4.00. The molecule has 8 nitrogen and oxygen atoms in total. The maximum atomic E-state index is 13.1. The minimum Gasteiger partial charge on any atom is -0.491 e. The van der Waals surface area contributed by atoms with Crippen LogP contribution in [0, 0.1) is 3.57 Å². The smallest absolute Gasteiger partial charge is 0.237 e. The molecular weight excluding hydrogens is 563 g/mol. The third-order valence-corrected chi connectivity index (χ3v) is 12.5. The first-order chi connectivity index (χ1) is 14.6. The van der Waals surface area contributed by atoms with Crippen molar-refractivity contribution in [3.8, 4) is 5.75 Å². The molecule has 1 aliphatic heterocycles. The number of halogens is 1. The fourth-order valence-corrected chi connectivity index (χ4v) is 6.32. The molecule has 0 amide bonds. The zero-order valence-electron chi connectivity index (χ0n) is 20.2. The average Bonchev–Trinajstić information content (AvgIpc) is 2.98.